The van der Waals surface area contributed by atoms with Crippen molar-refractivity contribution in [3.8, 4) is 0 Å². The Morgan fingerprint density at radius 3 is 2.45 bits per heavy atom. The summed E-state index contributed by atoms with van der Waals surface area (Å²) in [6.45, 7) is 1.07. The molecule has 2 amide bonds. The van der Waals surface area contributed by atoms with Gasteiger partial charge in [-0.2, -0.15) is 0 Å². The van der Waals surface area contributed by atoms with Crippen LogP contribution in [0.3, 0.4) is 0 Å². The van der Waals surface area contributed by atoms with Gasteiger partial charge in [0.05, 0.1) is 10.6 Å². The maximum Gasteiger partial charge on any atom is 0.263 e. The third-order valence-electron chi connectivity index (χ3n) is 5.59. The summed E-state index contributed by atoms with van der Waals surface area (Å²) in [5, 5.41) is 0.393. The Morgan fingerprint density at radius 1 is 1.03 bits per heavy atom. The molecule has 0 spiro atoms. The summed E-state index contributed by atoms with van der Waals surface area (Å²) in [4.78, 5) is 39.7. The van der Waals surface area contributed by atoms with Gasteiger partial charge in [-0.25, -0.2) is 0 Å². The van der Waals surface area contributed by atoms with E-state index in [4.69, 9.17) is 17.3 Å². The second-order valence-corrected chi connectivity index (χ2v) is 7.97. The molecule has 0 atom stereocenters. The number of primary amides is 1. The van der Waals surface area contributed by atoms with Crippen LogP contribution in [0.2, 0.25) is 5.02 Å². The molecule has 1 aliphatic rings. The van der Waals surface area contributed by atoms with Crippen LogP contribution < -0.4 is 11.3 Å². The third-order valence-corrected chi connectivity index (χ3v) is 5.92. The number of aryl methyl sites for hydroxylation is 2. The molecule has 0 saturated carbocycles. The fourth-order valence-corrected chi connectivity index (χ4v) is 4.22. The van der Waals surface area contributed by atoms with Crippen molar-refractivity contribution in [2.45, 2.75) is 25.9 Å². The zero-order chi connectivity index (χ0) is 22.0. The average molecular weight is 436 g/mol. The van der Waals surface area contributed by atoms with Crippen LogP contribution >= 0.6 is 11.6 Å². The normalized spacial score (nSPS) is 13.0. The van der Waals surface area contributed by atoms with E-state index in [1.54, 1.807) is 35.4 Å². The van der Waals surface area contributed by atoms with Crippen LogP contribution in [0.25, 0.3) is 0 Å². The van der Waals surface area contributed by atoms with Crippen LogP contribution in [0.4, 0.5) is 0 Å². The van der Waals surface area contributed by atoms with Gasteiger partial charge in [-0.3, -0.25) is 14.4 Å². The van der Waals surface area contributed by atoms with Crippen LogP contribution in [0.1, 0.15) is 37.4 Å². The fraction of sp³-hybridized carbons (Fsp3) is 0.208. The van der Waals surface area contributed by atoms with Crippen LogP contribution in [0.5, 0.6) is 0 Å². The number of rotatable bonds is 5. The van der Waals surface area contributed by atoms with Crippen molar-refractivity contribution in [2.24, 2.45) is 5.73 Å². The molecule has 6 nitrogen and oxygen atoms in total. The summed E-state index contributed by atoms with van der Waals surface area (Å²) < 4.78 is 1.52. The third kappa shape index (κ3) is 4.25. The SMILES string of the molecule is NC(=O)c1c2c(cn(CCc3ccccc3)c1=O)CN(C(=O)c1ccccc1Cl)CC2. The second kappa shape index (κ2) is 8.78. The van der Waals surface area contributed by atoms with Crippen LogP contribution in [0.15, 0.2) is 65.6 Å². The molecule has 2 heterocycles. The zero-order valence-corrected chi connectivity index (χ0v) is 17.6. The highest BCUT2D eigenvalue weighted by atomic mass is 35.5. The van der Waals surface area contributed by atoms with Gasteiger partial charge in [0, 0.05) is 25.8 Å². The lowest BCUT2D eigenvalue weighted by Crippen LogP contribution is -2.40. The topological polar surface area (TPSA) is 85.4 Å². The van der Waals surface area contributed by atoms with Gasteiger partial charge in [0.2, 0.25) is 0 Å². The Morgan fingerprint density at radius 2 is 1.74 bits per heavy atom. The van der Waals surface area contributed by atoms with E-state index >= 15 is 0 Å². The number of hydrogen-bond acceptors (Lipinski definition) is 3. The average Bonchev–Trinajstić information content (AvgIpc) is 2.77. The molecule has 2 aromatic carbocycles. The van der Waals surface area contributed by atoms with Crippen LogP contribution in [-0.2, 0) is 25.9 Å². The summed E-state index contributed by atoms with van der Waals surface area (Å²) in [6.07, 6.45) is 2.78. The van der Waals surface area contributed by atoms with E-state index in [0.717, 1.165) is 11.1 Å². The molecule has 4 rings (SSSR count). The largest absolute Gasteiger partial charge is 0.365 e. The van der Waals surface area contributed by atoms with E-state index in [1.165, 1.54) is 4.57 Å². The number of fused-ring (bicyclic) bond motifs is 1. The second-order valence-electron chi connectivity index (χ2n) is 7.56. The Labute approximate surface area is 184 Å². The molecule has 31 heavy (non-hydrogen) atoms. The van der Waals surface area contributed by atoms with Crippen molar-refractivity contribution in [1.29, 1.82) is 0 Å². The van der Waals surface area contributed by atoms with Gasteiger partial charge < -0.3 is 15.2 Å². The van der Waals surface area contributed by atoms with Crippen LogP contribution in [-0.4, -0.2) is 27.8 Å². The van der Waals surface area contributed by atoms with Gasteiger partial charge in [0.1, 0.15) is 5.56 Å². The smallest absolute Gasteiger partial charge is 0.263 e. The zero-order valence-electron chi connectivity index (χ0n) is 16.9. The van der Waals surface area contributed by atoms with Gasteiger partial charge in [0.25, 0.3) is 17.4 Å². The summed E-state index contributed by atoms with van der Waals surface area (Å²) in [5.41, 5.74) is 8.12. The van der Waals surface area contributed by atoms with E-state index in [-0.39, 0.29) is 23.6 Å². The number of hydrogen-bond donors (Lipinski definition) is 1. The number of nitrogens with two attached hydrogens (primary N) is 1. The molecule has 1 aromatic heterocycles. The molecular weight excluding hydrogens is 414 g/mol. The fourth-order valence-electron chi connectivity index (χ4n) is 4.00. The molecule has 158 valence electrons. The maximum absolute atomic E-state index is 13.0. The monoisotopic (exact) mass is 435 g/mol. The molecule has 0 saturated heterocycles. The Kier molecular flexibility index (Phi) is 5.91. The maximum atomic E-state index is 13.0. The summed E-state index contributed by atoms with van der Waals surface area (Å²) in [5.74, 6) is -0.917. The van der Waals surface area contributed by atoms with Crippen molar-refractivity contribution in [3.05, 3.63) is 104 Å². The first-order chi connectivity index (χ1) is 15.0. The number of amides is 2. The van der Waals surface area contributed by atoms with Gasteiger partial charge in [-0.1, -0.05) is 54.1 Å². The Bertz CT molecular complexity index is 1200. The molecule has 2 N–H and O–H groups in total. The number of benzene rings is 2. The molecule has 7 heteroatoms. The van der Waals surface area contributed by atoms with Gasteiger partial charge >= 0.3 is 0 Å². The van der Waals surface area contributed by atoms with Crippen molar-refractivity contribution in [3.63, 3.8) is 0 Å². The standard InChI is InChI=1S/C24H22ClN3O3/c25-20-9-5-4-8-19(20)23(30)27-13-11-18-17(14-27)15-28(24(31)21(18)22(26)29)12-10-16-6-2-1-3-7-16/h1-9,15H,10-14H2,(H2,26,29). The van der Waals surface area contributed by atoms with Crippen molar-refractivity contribution >= 4 is 23.4 Å². The van der Waals surface area contributed by atoms with Crippen molar-refractivity contribution in [1.82, 2.24) is 9.47 Å². The number of carbonyl (C=O) groups excluding carboxylic acids is 2. The van der Waals surface area contributed by atoms with E-state index in [0.29, 0.717) is 42.1 Å². The minimum absolute atomic E-state index is 0.0235. The summed E-state index contributed by atoms with van der Waals surface area (Å²) in [6, 6.07) is 16.7. The van der Waals surface area contributed by atoms with Crippen LogP contribution in [0, 0.1) is 0 Å². The van der Waals surface area contributed by atoms with E-state index in [2.05, 4.69) is 0 Å². The number of aromatic nitrogens is 1. The van der Waals surface area contributed by atoms with Gasteiger partial charge in [-0.05, 0) is 41.7 Å². The summed E-state index contributed by atoms with van der Waals surface area (Å²) >= 11 is 6.20. The highest BCUT2D eigenvalue weighted by Gasteiger charge is 2.28. The lowest BCUT2D eigenvalue weighted by Gasteiger charge is -2.30. The van der Waals surface area contributed by atoms with E-state index in [1.807, 2.05) is 30.3 Å². The first kappa shape index (κ1) is 20.9. The molecule has 3 aromatic rings. The molecule has 0 unspecified atom stereocenters. The summed E-state index contributed by atoms with van der Waals surface area (Å²) in [7, 11) is 0. The minimum Gasteiger partial charge on any atom is -0.365 e. The molecule has 0 radical (unpaired) electrons. The van der Waals surface area contributed by atoms with Gasteiger partial charge in [0.15, 0.2) is 0 Å². The quantitative estimate of drug-likeness (QED) is 0.668. The lowest BCUT2D eigenvalue weighted by molar-refractivity contribution is 0.0734. The highest BCUT2D eigenvalue weighted by molar-refractivity contribution is 6.33. The predicted molar refractivity (Wildman–Crippen MR) is 119 cm³/mol. The molecule has 0 bridgehead atoms. The van der Waals surface area contributed by atoms with E-state index in [9.17, 15) is 14.4 Å². The molecule has 0 aliphatic carbocycles. The van der Waals surface area contributed by atoms with Crippen molar-refractivity contribution < 1.29 is 9.59 Å². The lowest BCUT2D eigenvalue weighted by atomic mass is 9.95. The predicted octanol–water partition coefficient (Wildman–Crippen LogP) is 3.04. The molecule has 0 fully saturated rings. The molecular formula is C24H22ClN3O3. The number of halogens is 1. The van der Waals surface area contributed by atoms with Crippen molar-refractivity contribution in [2.75, 3.05) is 6.54 Å². The Hall–Kier alpha value is -3.38. The first-order valence-corrected chi connectivity index (χ1v) is 10.5. The Balaban J connectivity index is 1.66. The number of carbonyl (C=O) groups is 2. The van der Waals surface area contributed by atoms with Gasteiger partial charge in [-0.15, -0.1) is 0 Å². The van der Waals surface area contributed by atoms with E-state index < -0.39 is 5.91 Å². The highest BCUT2D eigenvalue weighted by Crippen LogP contribution is 2.24. The number of pyridine rings is 1. The first-order valence-electron chi connectivity index (χ1n) is 10.1. The molecule has 1 aliphatic heterocycles. The number of nitrogens with zero attached hydrogens (tertiary/aromatic N) is 2. The minimum atomic E-state index is -0.735.